The van der Waals surface area contributed by atoms with Gasteiger partial charge in [0.1, 0.15) is 0 Å². The number of pyridine rings is 1. The number of benzene rings is 1. The molecule has 0 saturated heterocycles. The zero-order valence-corrected chi connectivity index (χ0v) is 10.9. The third kappa shape index (κ3) is 3.88. The summed E-state index contributed by atoms with van der Waals surface area (Å²) in [6, 6.07) is 15.9. The van der Waals surface area contributed by atoms with Gasteiger partial charge in [-0.1, -0.05) is 36.4 Å². The molecule has 0 radical (unpaired) electrons. The number of rotatable bonds is 6. The van der Waals surface area contributed by atoms with Gasteiger partial charge in [-0.05, 0) is 30.5 Å². The van der Waals surface area contributed by atoms with Crippen molar-refractivity contribution in [1.82, 2.24) is 4.98 Å². The van der Waals surface area contributed by atoms with Gasteiger partial charge in [0.25, 0.3) is 0 Å². The van der Waals surface area contributed by atoms with E-state index in [1.165, 1.54) is 5.56 Å². The van der Waals surface area contributed by atoms with Gasteiger partial charge in [0.05, 0.1) is 6.10 Å². The molecule has 0 aliphatic rings. The summed E-state index contributed by atoms with van der Waals surface area (Å²) in [7, 11) is 0. The van der Waals surface area contributed by atoms with Crippen molar-refractivity contribution in [3.63, 3.8) is 0 Å². The van der Waals surface area contributed by atoms with E-state index in [1.54, 1.807) is 6.20 Å². The lowest BCUT2D eigenvalue weighted by atomic mass is 9.93. The summed E-state index contributed by atoms with van der Waals surface area (Å²) in [5.74, 6) is -0.0927. The molecule has 2 unspecified atom stereocenters. The molecule has 1 heterocycles. The minimum Gasteiger partial charge on any atom is -0.392 e. The molecule has 3 nitrogen and oxygen atoms in total. The summed E-state index contributed by atoms with van der Waals surface area (Å²) in [6.45, 7) is 0.410. The van der Waals surface area contributed by atoms with Crippen LogP contribution in [0.15, 0.2) is 54.7 Å². The minimum absolute atomic E-state index is 0.0927. The second kappa shape index (κ2) is 7.02. The van der Waals surface area contributed by atoms with Gasteiger partial charge in [-0.3, -0.25) is 4.98 Å². The number of aliphatic hydroxyl groups is 1. The van der Waals surface area contributed by atoms with Crippen molar-refractivity contribution in [1.29, 1.82) is 0 Å². The molecule has 1 aromatic carbocycles. The van der Waals surface area contributed by atoms with E-state index in [2.05, 4.69) is 17.1 Å². The maximum atomic E-state index is 10.3. The van der Waals surface area contributed by atoms with Gasteiger partial charge in [0.15, 0.2) is 0 Å². The second-order valence-corrected chi connectivity index (χ2v) is 4.69. The summed E-state index contributed by atoms with van der Waals surface area (Å²) < 4.78 is 0. The molecule has 100 valence electrons. The molecule has 0 aliphatic heterocycles. The van der Waals surface area contributed by atoms with Crippen LogP contribution in [0.25, 0.3) is 0 Å². The first-order chi connectivity index (χ1) is 9.31. The van der Waals surface area contributed by atoms with Crippen molar-refractivity contribution in [3.05, 3.63) is 66.0 Å². The highest BCUT2D eigenvalue weighted by molar-refractivity contribution is 5.16. The van der Waals surface area contributed by atoms with Gasteiger partial charge >= 0.3 is 0 Å². The Morgan fingerprint density at radius 2 is 1.79 bits per heavy atom. The largest absolute Gasteiger partial charge is 0.392 e. The fraction of sp³-hybridized carbons (Fsp3) is 0.312. The molecule has 0 spiro atoms. The van der Waals surface area contributed by atoms with Gasteiger partial charge in [0, 0.05) is 24.4 Å². The lowest BCUT2D eigenvalue weighted by Gasteiger charge is -2.20. The summed E-state index contributed by atoms with van der Waals surface area (Å²) >= 11 is 0. The zero-order valence-electron chi connectivity index (χ0n) is 10.9. The zero-order chi connectivity index (χ0) is 13.5. The summed E-state index contributed by atoms with van der Waals surface area (Å²) in [5, 5.41) is 10.3. The van der Waals surface area contributed by atoms with Crippen LogP contribution in [0.2, 0.25) is 0 Å². The monoisotopic (exact) mass is 256 g/mol. The molecule has 2 rings (SSSR count). The number of nitrogens with two attached hydrogens (primary N) is 1. The van der Waals surface area contributed by atoms with Crippen molar-refractivity contribution in [2.75, 3.05) is 6.54 Å². The number of hydrogen-bond donors (Lipinski definition) is 2. The van der Waals surface area contributed by atoms with E-state index in [9.17, 15) is 5.11 Å². The van der Waals surface area contributed by atoms with Gasteiger partial charge < -0.3 is 10.8 Å². The summed E-state index contributed by atoms with van der Waals surface area (Å²) in [6.07, 6.45) is 2.83. The Kier molecular flexibility index (Phi) is 5.07. The van der Waals surface area contributed by atoms with Crippen LogP contribution in [-0.2, 0) is 6.42 Å². The van der Waals surface area contributed by atoms with Crippen molar-refractivity contribution >= 4 is 0 Å². The third-order valence-corrected chi connectivity index (χ3v) is 3.36. The van der Waals surface area contributed by atoms with Crippen LogP contribution < -0.4 is 5.73 Å². The molecule has 0 bridgehead atoms. The van der Waals surface area contributed by atoms with E-state index in [0.717, 1.165) is 12.1 Å². The predicted molar refractivity (Wildman–Crippen MR) is 76.8 cm³/mol. The Labute approximate surface area is 114 Å². The third-order valence-electron chi connectivity index (χ3n) is 3.36. The Bertz CT molecular complexity index is 473. The van der Waals surface area contributed by atoms with Crippen molar-refractivity contribution in [2.24, 2.45) is 5.73 Å². The SMILES string of the molecule is NCC(c1ccccn1)C(O)CCc1ccccc1. The molecule has 0 aliphatic carbocycles. The first-order valence-electron chi connectivity index (χ1n) is 6.64. The van der Waals surface area contributed by atoms with Gasteiger partial charge in [-0.15, -0.1) is 0 Å². The number of hydrogen-bond acceptors (Lipinski definition) is 3. The molecular weight excluding hydrogens is 236 g/mol. The first kappa shape index (κ1) is 13.7. The van der Waals surface area contributed by atoms with Crippen LogP contribution in [-0.4, -0.2) is 22.7 Å². The highest BCUT2D eigenvalue weighted by Gasteiger charge is 2.20. The van der Waals surface area contributed by atoms with E-state index < -0.39 is 6.10 Å². The summed E-state index contributed by atoms with van der Waals surface area (Å²) in [5.41, 5.74) is 7.88. The number of aromatic nitrogens is 1. The highest BCUT2D eigenvalue weighted by Crippen LogP contribution is 2.20. The van der Waals surface area contributed by atoms with Crippen LogP contribution in [0.3, 0.4) is 0 Å². The molecule has 0 fully saturated rings. The molecule has 2 aromatic rings. The van der Waals surface area contributed by atoms with E-state index in [4.69, 9.17) is 5.73 Å². The van der Waals surface area contributed by atoms with Crippen molar-refractivity contribution in [2.45, 2.75) is 24.9 Å². The van der Waals surface area contributed by atoms with Crippen molar-refractivity contribution in [3.8, 4) is 0 Å². The normalized spacial score (nSPS) is 14.0. The van der Waals surface area contributed by atoms with Crippen LogP contribution in [0, 0.1) is 0 Å². The Morgan fingerprint density at radius 3 is 2.42 bits per heavy atom. The fourth-order valence-electron chi connectivity index (χ4n) is 2.23. The van der Waals surface area contributed by atoms with Crippen LogP contribution in [0.5, 0.6) is 0 Å². The molecule has 2 atom stereocenters. The number of nitrogens with zero attached hydrogens (tertiary/aromatic N) is 1. The van der Waals surface area contributed by atoms with E-state index in [0.29, 0.717) is 13.0 Å². The maximum absolute atomic E-state index is 10.3. The van der Waals surface area contributed by atoms with Crippen molar-refractivity contribution < 1.29 is 5.11 Å². The molecule has 19 heavy (non-hydrogen) atoms. The fourth-order valence-corrected chi connectivity index (χ4v) is 2.23. The van der Waals surface area contributed by atoms with Crippen LogP contribution in [0.1, 0.15) is 23.6 Å². The quantitative estimate of drug-likeness (QED) is 0.832. The predicted octanol–water partition coefficient (Wildman–Crippen LogP) is 2.12. The first-order valence-corrected chi connectivity index (χ1v) is 6.64. The molecular formula is C16H20N2O. The van der Waals surface area contributed by atoms with Gasteiger partial charge in [-0.2, -0.15) is 0 Å². The second-order valence-electron chi connectivity index (χ2n) is 4.69. The summed E-state index contributed by atoms with van der Waals surface area (Å²) in [4.78, 5) is 4.29. The maximum Gasteiger partial charge on any atom is 0.0639 e. The average Bonchev–Trinajstić information content (AvgIpc) is 2.48. The van der Waals surface area contributed by atoms with Crippen LogP contribution in [0.4, 0.5) is 0 Å². The minimum atomic E-state index is -0.458. The highest BCUT2D eigenvalue weighted by atomic mass is 16.3. The lowest BCUT2D eigenvalue weighted by molar-refractivity contribution is 0.134. The molecule has 0 amide bonds. The number of aliphatic hydroxyl groups excluding tert-OH is 1. The molecule has 1 aromatic heterocycles. The van der Waals surface area contributed by atoms with E-state index >= 15 is 0 Å². The smallest absolute Gasteiger partial charge is 0.0639 e. The standard InChI is InChI=1S/C16H20N2O/c17-12-14(15-8-4-5-11-18-15)16(19)10-9-13-6-2-1-3-7-13/h1-8,11,14,16,19H,9-10,12,17H2. The molecule has 0 saturated carbocycles. The van der Waals surface area contributed by atoms with Crippen LogP contribution >= 0.6 is 0 Å². The Balaban J connectivity index is 1.96. The Morgan fingerprint density at radius 1 is 1.05 bits per heavy atom. The molecule has 3 heteroatoms. The van der Waals surface area contributed by atoms with E-state index in [-0.39, 0.29) is 5.92 Å². The number of aryl methyl sites for hydroxylation is 1. The topological polar surface area (TPSA) is 59.1 Å². The molecule has 3 N–H and O–H groups in total. The lowest BCUT2D eigenvalue weighted by Crippen LogP contribution is -2.27. The van der Waals surface area contributed by atoms with Gasteiger partial charge in [-0.25, -0.2) is 0 Å². The van der Waals surface area contributed by atoms with Gasteiger partial charge in [0.2, 0.25) is 0 Å². The Hall–Kier alpha value is -1.71. The average molecular weight is 256 g/mol. The van der Waals surface area contributed by atoms with E-state index in [1.807, 2.05) is 36.4 Å².